The average molecular weight is 87.1 g/mol. The van der Waals surface area contributed by atoms with Crippen LogP contribution in [0.1, 0.15) is 0 Å². The minimum Gasteiger partial charge on any atom is -0.503 e. The number of hydrazone groups is 1. The second-order valence-electron chi connectivity index (χ2n) is 0.570. The molecule has 4 nitrogen and oxygen atoms in total. The lowest BCUT2D eigenvalue weighted by Gasteiger charge is -1.79. The molecule has 0 aliphatic rings. The summed E-state index contributed by atoms with van der Waals surface area (Å²) in [6.45, 7) is 0. The van der Waals surface area contributed by atoms with E-state index in [0.717, 1.165) is 6.40 Å². The fourth-order valence-corrected chi connectivity index (χ4v) is 0.0763. The average Bonchev–Trinajstić information content (AvgIpc) is 1.61. The Morgan fingerprint density at radius 2 is 2.67 bits per heavy atom. The van der Waals surface area contributed by atoms with E-state index < -0.39 is 0 Å². The predicted octanol–water partition coefficient (Wildman–Crippen LogP) is -1.32. The van der Waals surface area contributed by atoms with Gasteiger partial charge in [-0.25, -0.2) is 0 Å². The normalized spacial score (nSPS) is 8.83. The number of methoxy groups -OCH3 is 1. The highest BCUT2D eigenvalue weighted by atomic mass is 16.5. The third-order valence-electron chi connectivity index (χ3n) is 0.216. The molecule has 0 aliphatic carbocycles. The van der Waals surface area contributed by atoms with Gasteiger partial charge >= 0.3 is 0 Å². The van der Waals surface area contributed by atoms with Gasteiger partial charge in [0.2, 0.25) is 0 Å². The van der Waals surface area contributed by atoms with Crippen LogP contribution in [-0.2, 0) is 4.74 Å². The van der Waals surface area contributed by atoms with Crippen molar-refractivity contribution in [3.63, 3.8) is 0 Å². The lowest BCUT2D eigenvalue weighted by atomic mass is 11.4. The first kappa shape index (κ1) is 5.07. The molecular formula is C2H5N3O. The Hall–Kier alpha value is -0.930. The molecule has 0 heterocycles. The number of rotatable bonds is 2. The van der Waals surface area contributed by atoms with E-state index in [-0.39, 0.29) is 0 Å². The Morgan fingerprint density at radius 1 is 2.00 bits per heavy atom. The topological polar surface area (TPSA) is 57.9 Å². The second-order valence-corrected chi connectivity index (χ2v) is 0.570. The molecule has 0 unspecified atom stereocenters. The summed E-state index contributed by atoms with van der Waals surface area (Å²) in [5.74, 6) is 0. The zero-order valence-corrected chi connectivity index (χ0v) is 3.38. The van der Waals surface area contributed by atoms with Crippen LogP contribution in [0, 0.1) is 0 Å². The van der Waals surface area contributed by atoms with Crippen LogP contribution in [0.25, 0.3) is 5.53 Å². The fourth-order valence-electron chi connectivity index (χ4n) is 0.0763. The molecule has 0 atom stereocenters. The largest absolute Gasteiger partial charge is 0.503 e. The van der Waals surface area contributed by atoms with Crippen molar-refractivity contribution in [3.05, 3.63) is 5.53 Å². The third kappa shape index (κ3) is 3.07. The highest BCUT2D eigenvalue weighted by Crippen LogP contribution is 1.42. The van der Waals surface area contributed by atoms with Gasteiger partial charge in [-0.05, 0) is 0 Å². The molecule has 0 saturated carbocycles. The molecule has 6 heavy (non-hydrogen) atoms. The van der Waals surface area contributed by atoms with Crippen LogP contribution in [-0.4, -0.2) is 13.5 Å². The van der Waals surface area contributed by atoms with Crippen molar-refractivity contribution < 1.29 is 9.96 Å². The zero-order valence-electron chi connectivity index (χ0n) is 3.38. The molecule has 0 saturated heterocycles. The van der Waals surface area contributed by atoms with E-state index in [2.05, 4.69) is 9.84 Å². The minimum absolute atomic E-state index is 1.07. The standard InChI is InChI=1S/C2H5N3O/c1-6-2-4-5-3/h2,5H,1H3/b4-2+. The van der Waals surface area contributed by atoms with Gasteiger partial charge in [-0.1, -0.05) is 0 Å². The van der Waals surface area contributed by atoms with Crippen LogP contribution in [0.4, 0.5) is 0 Å². The number of hydrogen-bond donors (Lipinski definition) is 1. The second kappa shape index (κ2) is 4.07. The minimum atomic E-state index is 1.07. The van der Waals surface area contributed by atoms with E-state index in [4.69, 9.17) is 5.53 Å². The highest BCUT2D eigenvalue weighted by Gasteiger charge is 1.48. The van der Waals surface area contributed by atoms with Crippen LogP contribution in [0.15, 0.2) is 5.10 Å². The third-order valence-corrected chi connectivity index (χ3v) is 0.216. The summed E-state index contributed by atoms with van der Waals surface area (Å²) in [5.41, 5.74) is 7.67. The van der Waals surface area contributed by atoms with Gasteiger partial charge in [0.25, 0.3) is 0 Å². The summed E-state index contributed by atoms with van der Waals surface area (Å²) >= 11 is 0. The first-order valence-corrected chi connectivity index (χ1v) is 1.35. The molecule has 0 aliphatic heterocycles. The Kier molecular flexibility index (Phi) is 3.44. The van der Waals surface area contributed by atoms with Gasteiger partial charge in [-0.2, -0.15) is 15.9 Å². The maximum Gasteiger partial charge on any atom is 0.128 e. The van der Waals surface area contributed by atoms with Crippen molar-refractivity contribution in [1.82, 2.24) is 0 Å². The molecule has 0 amide bonds. The van der Waals surface area contributed by atoms with Crippen LogP contribution >= 0.6 is 0 Å². The van der Waals surface area contributed by atoms with Crippen LogP contribution < -0.4 is 5.22 Å². The van der Waals surface area contributed by atoms with Gasteiger partial charge in [0, 0.05) is 0 Å². The van der Waals surface area contributed by atoms with E-state index in [9.17, 15) is 0 Å². The molecule has 0 aromatic heterocycles. The lowest BCUT2D eigenvalue weighted by Crippen LogP contribution is -2.54. The van der Waals surface area contributed by atoms with Crippen molar-refractivity contribution in [2.75, 3.05) is 7.11 Å². The first-order chi connectivity index (χ1) is 2.91. The van der Waals surface area contributed by atoms with Crippen molar-refractivity contribution in [2.45, 2.75) is 0 Å². The van der Waals surface area contributed by atoms with Crippen molar-refractivity contribution in [2.24, 2.45) is 5.10 Å². The van der Waals surface area contributed by atoms with E-state index in [1.54, 1.807) is 0 Å². The molecule has 0 spiro atoms. The van der Waals surface area contributed by atoms with Gasteiger partial charge in [0.15, 0.2) is 0 Å². The van der Waals surface area contributed by atoms with Gasteiger partial charge in [-0.15, -0.1) is 0 Å². The van der Waals surface area contributed by atoms with Crippen LogP contribution in [0.2, 0.25) is 0 Å². The van der Waals surface area contributed by atoms with Gasteiger partial charge in [0.1, 0.15) is 6.40 Å². The zero-order chi connectivity index (χ0) is 4.83. The SMILES string of the molecule is CO/C=N/[NH+]=[N-]. The summed E-state index contributed by atoms with van der Waals surface area (Å²) < 4.78 is 4.27. The molecular weight excluding hydrogens is 82.0 g/mol. The number of ether oxygens (including phenoxy) is 1. The Labute approximate surface area is 35.3 Å². The Balaban J connectivity index is 2.94. The van der Waals surface area contributed by atoms with E-state index in [0.29, 0.717) is 0 Å². The molecule has 0 aromatic rings. The quantitative estimate of drug-likeness (QED) is 0.193. The van der Waals surface area contributed by atoms with Crippen molar-refractivity contribution in [1.29, 1.82) is 0 Å². The number of hydrogen-bond acceptors (Lipinski definition) is 1. The number of nitrogens with zero attached hydrogens (tertiary/aromatic N) is 2. The maximum absolute atomic E-state index is 7.67. The molecule has 1 N–H and O–H groups in total. The van der Waals surface area contributed by atoms with Gasteiger partial charge in [0.05, 0.1) is 7.11 Å². The van der Waals surface area contributed by atoms with Gasteiger partial charge in [-0.3, -0.25) is 0 Å². The fraction of sp³-hybridized carbons (Fsp3) is 0.500. The summed E-state index contributed by atoms with van der Waals surface area (Å²) in [6, 6.07) is 0. The van der Waals surface area contributed by atoms with E-state index in [1.165, 1.54) is 12.3 Å². The smallest absolute Gasteiger partial charge is 0.128 e. The number of nitrogens with one attached hydrogen (secondary N) is 1. The summed E-state index contributed by atoms with van der Waals surface area (Å²) in [6.07, 6.45) is 1.07. The van der Waals surface area contributed by atoms with Crippen LogP contribution in [0.3, 0.4) is 0 Å². The maximum atomic E-state index is 7.67. The lowest BCUT2D eigenvalue weighted by molar-refractivity contribution is -0.486. The van der Waals surface area contributed by atoms with Crippen LogP contribution in [0.5, 0.6) is 0 Å². The predicted molar refractivity (Wildman–Crippen MR) is 19.8 cm³/mol. The molecule has 0 radical (unpaired) electrons. The summed E-state index contributed by atoms with van der Waals surface area (Å²) in [5, 5.41) is 4.56. The summed E-state index contributed by atoms with van der Waals surface area (Å²) in [4.78, 5) is 0. The van der Waals surface area contributed by atoms with E-state index in [1.807, 2.05) is 0 Å². The summed E-state index contributed by atoms with van der Waals surface area (Å²) in [7, 11) is 1.43. The monoisotopic (exact) mass is 87.0 g/mol. The van der Waals surface area contributed by atoms with E-state index >= 15 is 0 Å². The highest BCUT2D eigenvalue weighted by molar-refractivity contribution is 5.44. The molecule has 4 heteroatoms. The molecule has 0 rings (SSSR count). The molecule has 34 valence electrons. The Morgan fingerprint density at radius 3 is 2.83 bits per heavy atom. The van der Waals surface area contributed by atoms with Gasteiger partial charge < -0.3 is 4.74 Å². The van der Waals surface area contributed by atoms with Crippen molar-refractivity contribution >= 4 is 6.40 Å². The first-order valence-electron chi connectivity index (χ1n) is 1.35. The molecule has 0 bridgehead atoms. The van der Waals surface area contributed by atoms with Crippen molar-refractivity contribution in [3.8, 4) is 0 Å². The molecule has 0 aromatic carbocycles. The Bertz CT molecular complexity index is 59.8. The molecule has 0 fully saturated rings.